The lowest BCUT2D eigenvalue weighted by atomic mass is 10.2. The highest BCUT2D eigenvalue weighted by Gasteiger charge is 2.22. The van der Waals surface area contributed by atoms with Crippen molar-refractivity contribution in [3.63, 3.8) is 0 Å². The molecule has 0 saturated carbocycles. The molecule has 8 nitrogen and oxygen atoms in total. The van der Waals surface area contributed by atoms with E-state index in [0.29, 0.717) is 0 Å². The zero-order valence-electron chi connectivity index (χ0n) is 10.5. The van der Waals surface area contributed by atoms with E-state index in [1.165, 1.54) is 24.1 Å². The minimum absolute atomic E-state index is 0.162. The Morgan fingerprint density at radius 2 is 2.11 bits per heavy atom. The first-order valence-electron chi connectivity index (χ1n) is 5.37. The second kappa shape index (κ2) is 5.95. The number of nitro groups is 1. The smallest absolute Gasteiger partial charge is 0.293 e. The van der Waals surface area contributed by atoms with E-state index in [9.17, 15) is 18.5 Å². The lowest BCUT2D eigenvalue weighted by Crippen LogP contribution is -2.23. The third kappa shape index (κ3) is 3.40. The van der Waals surface area contributed by atoms with Crippen LogP contribution in [-0.4, -0.2) is 45.7 Å². The van der Waals surface area contributed by atoms with Crippen LogP contribution < -0.4 is 9.62 Å². The molecule has 9 heteroatoms. The van der Waals surface area contributed by atoms with Gasteiger partial charge in [-0.05, 0) is 19.2 Å². The topological polar surface area (TPSA) is 113 Å². The van der Waals surface area contributed by atoms with E-state index in [4.69, 9.17) is 5.11 Å². The molecule has 0 aromatic heterocycles. The Hall–Kier alpha value is -1.71. The maximum atomic E-state index is 11.6. The quantitative estimate of drug-likeness (QED) is 0.560. The molecule has 0 atom stereocenters. The summed E-state index contributed by atoms with van der Waals surface area (Å²) in [6.07, 6.45) is 0. The van der Waals surface area contributed by atoms with Crippen molar-refractivity contribution in [2.24, 2.45) is 0 Å². The highest BCUT2D eigenvalue weighted by molar-refractivity contribution is 7.89. The maximum Gasteiger partial charge on any atom is 0.293 e. The number of likely N-dealkylation sites (N-methyl/N-ethyl adjacent to an activating group) is 1. The van der Waals surface area contributed by atoms with E-state index in [1.807, 2.05) is 0 Å². The monoisotopic (exact) mass is 289 g/mol. The molecule has 0 unspecified atom stereocenters. The average Bonchev–Trinajstić information content (AvgIpc) is 2.38. The Balaban J connectivity index is 3.35. The second-order valence-corrected chi connectivity index (χ2v) is 5.65. The molecule has 0 aliphatic carbocycles. The molecule has 0 heterocycles. The van der Waals surface area contributed by atoms with Crippen LogP contribution in [0.4, 0.5) is 11.4 Å². The van der Waals surface area contributed by atoms with Crippen LogP contribution in [0.25, 0.3) is 0 Å². The molecule has 19 heavy (non-hydrogen) atoms. The fourth-order valence-corrected chi connectivity index (χ4v) is 2.28. The third-order valence-corrected chi connectivity index (χ3v) is 3.98. The Morgan fingerprint density at radius 3 is 2.58 bits per heavy atom. The number of sulfonamides is 1. The average molecular weight is 289 g/mol. The predicted molar refractivity (Wildman–Crippen MR) is 69.7 cm³/mol. The van der Waals surface area contributed by atoms with Gasteiger partial charge in [0.2, 0.25) is 10.0 Å². The van der Waals surface area contributed by atoms with Crippen molar-refractivity contribution < 1.29 is 18.4 Å². The largest absolute Gasteiger partial charge is 0.395 e. The predicted octanol–water partition coefficient (Wildman–Crippen LogP) is -0.0686. The molecule has 0 saturated heterocycles. The van der Waals surface area contributed by atoms with Crippen molar-refractivity contribution in [1.82, 2.24) is 4.72 Å². The fraction of sp³-hybridized carbons (Fsp3) is 0.400. The first-order valence-corrected chi connectivity index (χ1v) is 6.85. The Kier molecular flexibility index (Phi) is 4.81. The SMILES string of the molecule is CNS(=O)(=O)c1ccc(N(C)CCO)c([N+](=O)[O-])c1. The number of benzene rings is 1. The highest BCUT2D eigenvalue weighted by Crippen LogP contribution is 2.29. The fourth-order valence-electron chi connectivity index (χ4n) is 1.53. The number of aliphatic hydroxyl groups excluding tert-OH is 1. The van der Waals surface area contributed by atoms with Gasteiger partial charge in [-0.3, -0.25) is 10.1 Å². The maximum absolute atomic E-state index is 11.6. The summed E-state index contributed by atoms with van der Waals surface area (Å²) >= 11 is 0. The van der Waals surface area contributed by atoms with E-state index in [0.717, 1.165) is 6.07 Å². The summed E-state index contributed by atoms with van der Waals surface area (Å²) in [5, 5.41) is 19.8. The summed E-state index contributed by atoms with van der Waals surface area (Å²) < 4.78 is 25.3. The standard InChI is InChI=1S/C10H15N3O5S/c1-11-19(17,18)8-3-4-9(12(2)5-6-14)10(7-8)13(15)16/h3-4,7,11,14H,5-6H2,1-2H3. The normalized spacial score (nSPS) is 11.3. The van der Waals surface area contributed by atoms with Crippen molar-refractivity contribution in [2.45, 2.75) is 4.90 Å². The van der Waals surface area contributed by atoms with Gasteiger partial charge in [0.1, 0.15) is 5.69 Å². The molecular formula is C10H15N3O5S. The van der Waals surface area contributed by atoms with Gasteiger partial charge in [-0.2, -0.15) is 0 Å². The van der Waals surface area contributed by atoms with E-state index in [-0.39, 0.29) is 29.4 Å². The summed E-state index contributed by atoms with van der Waals surface area (Å²) in [5.41, 5.74) is -0.0821. The van der Waals surface area contributed by atoms with Gasteiger partial charge in [0, 0.05) is 19.7 Å². The van der Waals surface area contributed by atoms with E-state index in [1.54, 1.807) is 7.05 Å². The number of nitrogens with zero attached hydrogens (tertiary/aromatic N) is 2. The summed E-state index contributed by atoms with van der Waals surface area (Å²) in [6.45, 7) is 0.0448. The van der Waals surface area contributed by atoms with Crippen molar-refractivity contribution in [2.75, 3.05) is 32.1 Å². The highest BCUT2D eigenvalue weighted by atomic mass is 32.2. The first kappa shape index (κ1) is 15.3. The van der Waals surface area contributed by atoms with Crippen molar-refractivity contribution in [1.29, 1.82) is 0 Å². The van der Waals surface area contributed by atoms with Gasteiger partial charge in [0.25, 0.3) is 5.69 Å². The van der Waals surface area contributed by atoms with Gasteiger partial charge < -0.3 is 10.0 Å². The summed E-state index contributed by atoms with van der Waals surface area (Å²) in [7, 11) is -0.928. The molecule has 1 aromatic carbocycles. The molecule has 2 N–H and O–H groups in total. The Morgan fingerprint density at radius 1 is 1.47 bits per heavy atom. The Bertz CT molecular complexity index is 573. The Labute approximate surface area is 110 Å². The number of nitro benzene ring substituents is 1. The van der Waals surface area contributed by atoms with Gasteiger partial charge in [-0.15, -0.1) is 0 Å². The molecule has 0 amide bonds. The summed E-state index contributed by atoms with van der Waals surface area (Å²) in [5.74, 6) is 0. The van der Waals surface area contributed by atoms with Gasteiger partial charge >= 0.3 is 0 Å². The van der Waals surface area contributed by atoms with E-state index >= 15 is 0 Å². The lowest BCUT2D eigenvalue weighted by molar-refractivity contribution is -0.384. The molecule has 0 spiro atoms. The summed E-state index contributed by atoms with van der Waals surface area (Å²) in [4.78, 5) is 11.6. The van der Waals surface area contributed by atoms with Crippen LogP contribution in [0.3, 0.4) is 0 Å². The van der Waals surface area contributed by atoms with E-state index in [2.05, 4.69) is 4.72 Å². The molecule has 0 fully saturated rings. The van der Waals surface area contributed by atoms with Crippen LogP contribution in [0.5, 0.6) is 0 Å². The van der Waals surface area contributed by atoms with Gasteiger partial charge in [0.05, 0.1) is 16.4 Å². The molecule has 1 aromatic rings. The summed E-state index contributed by atoms with van der Waals surface area (Å²) in [6, 6.07) is 3.62. The zero-order chi connectivity index (χ0) is 14.6. The molecule has 0 aliphatic heterocycles. The van der Waals surface area contributed by atoms with Crippen molar-refractivity contribution in [3.8, 4) is 0 Å². The molecule has 0 aliphatic rings. The molecule has 106 valence electrons. The van der Waals surface area contributed by atoms with E-state index < -0.39 is 14.9 Å². The number of nitrogens with one attached hydrogen (secondary N) is 1. The number of anilines is 1. The van der Waals surface area contributed by atoms with Crippen LogP contribution in [0.2, 0.25) is 0 Å². The molecular weight excluding hydrogens is 274 g/mol. The number of aliphatic hydroxyl groups is 1. The third-order valence-electron chi connectivity index (χ3n) is 2.57. The zero-order valence-corrected chi connectivity index (χ0v) is 11.3. The second-order valence-electron chi connectivity index (χ2n) is 3.76. The molecule has 0 bridgehead atoms. The number of hydrogen-bond acceptors (Lipinski definition) is 6. The van der Waals surface area contributed by atoms with Crippen LogP contribution in [0, 0.1) is 10.1 Å². The van der Waals surface area contributed by atoms with Crippen molar-refractivity contribution >= 4 is 21.4 Å². The molecule has 1 rings (SSSR count). The van der Waals surface area contributed by atoms with Crippen LogP contribution in [0.1, 0.15) is 0 Å². The molecule has 0 radical (unpaired) electrons. The van der Waals surface area contributed by atoms with Gasteiger partial charge in [-0.25, -0.2) is 13.1 Å². The first-order chi connectivity index (χ1) is 8.83. The van der Waals surface area contributed by atoms with Crippen LogP contribution in [0.15, 0.2) is 23.1 Å². The number of rotatable bonds is 6. The lowest BCUT2D eigenvalue weighted by Gasteiger charge is -2.18. The number of hydrogen-bond donors (Lipinski definition) is 2. The minimum Gasteiger partial charge on any atom is -0.395 e. The van der Waals surface area contributed by atoms with Crippen LogP contribution in [-0.2, 0) is 10.0 Å². The van der Waals surface area contributed by atoms with Crippen LogP contribution >= 0.6 is 0 Å². The van der Waals surface area contributed by atoms with Gasteiger partial charge in [-0.1, -0.05) is 0 Å². The minimum atomic E-state index is -3.73. The van der Waals surface area contributed by atoms with Crippen molar-refractivity contribution in [3.05, 3.63) is 28.3 Å². The van der Waals surface area contributed by atoms with Gasteiger partial charge in [0.15, 0.2) is 0 Å².